The Balaban J connectivity index is 2.27. The number of rotatable bonds is 1. The second-order valence-electron chi connectivity index (χ2n) is 4.47. The van der Waals surface area contributed by atoms with Crippen molar-refractivity contribution in [2.45, 2.75) is 6.92 Å². The van der Waals surface area contributed by atoms with Crippen LogP contribution in [0.2, 0.25) is 5.15 Å². The van der Waals surface area contributed by atoms with Crippen molar-refractivity contribution in [3.05, 3.63) is 58.7 Å². The Morgan fingerprint density at radius 1 is 1.00 bits per heavy atom. The van der Waals surface area contributed by atoms with Crippen LogP contribution in [0.3, 0.4) is 0 Å². The summed E-state index contributed by atoms with van der Waals surface area (Å²) in [5.74, 6) is -1.15. The van der Waals surface area contributed by atoms with Crippen LogP contribution in [-0.4, -0.2) is 9.97 Å². The van der Waals surface area contributed by atoms with E-state index in [9.17, 15) is 8.78 Å². The third kappa shape index (κ3) is 2.23. The Hall–Kier alpha value is -2.07. The lowest BCUT2D eigenvalue weighted by Crippen LogP contribution is -1.94. The highest BCUT2D eigenvalue weighted by atomic mass is 35.5. The zero-order valence-electron chi connectivity index (χ0n) is 10.5. The summed E-state index contributed by atoms with van der Waals surface area (Å²) >= 11 is 6.16. The van der Waals surface area contributed by atoms with E-state index < -0.39 is 11.6 Å². The molecule has 0 fully saturated rings. The predicted molar refractivity (Wildman–Crippen MR) is 74.6 cm³/mol. The van der Waals surface area contributed by atoms with E-state index in [1.54, 1.807) is 6.07 Å². The third-order valence-electron chi connectivity index (χ3n) is 3.01. The number of halogens is 3. The van der Waals surface area contributed by atoms with Crippen LogP contribution in [0, 0.1) is 18.6 Å². The van der Waals surface area contributed by atoms with Gasteiger partial charge in [0.15, 0.2) is 5.82 Å². The van der Waals surface area contributed by atoms with E-state index in [1.807, 2.05) is 19.1 Å². The first-order valence-corrected chi connectivity index (χ1v) is 6.32. The average molecular weight is 291 g/mol. The van der Waals surface area contributed by atoms with Gasteiger partial charge in [0, 0.05) is 17.0 Å². The van der Waals surface area contributed by atoms with Crippen LogP contribution in [0.5, 0.6) is 0 Å². The van der Waals surface area contributed by atoms with Gasteiger partial charge in [-0.3, -0.25) is 0 Å². The van der Waals surface area contributed by atoms with Gasteiger partial charge in [-0.25, -0.2) is 18.7 Å². The summed E-state index contributed by atoms with van der Waals surface area (Å²) in [5, 5.41) is 1.02. The Kier molecular flexibility index (Phi) is 3.10. The summed E-state index contributed by atoms with van der Waals surface area (Å²) in [7, 11) is 0. The SMILES string of the molecule is Cc1cccc2nc(-c3cc(F)cc(F)c3)nc(Cl)c12. The zero-order chi connectivity index (χ0) is 14.3. The van der Waals surface area contributed by atoms with Gasteiger partial charge < -0.3 is 0 Å². The molecular formula is C15H9ClF2N2. The van der Waals surface area contributed by atoms with Crippen LogP contribution in [0.15, 0.2) is 36.4 Å². The van der Waals surface area contributed by atoms with Crippen molar-refractivity contribution in [3.8, 4) is 11.4 Å². The first kappa shape index (κ1) is 12.9. The molecule has 0 aliphatic carbocycles. The molecule has 0 radical (unpaired) electrons. The summed E-state index contributed by atoms with van der Waals surface area (Å²) in [4.78, 5) is 8.46. The molecule has 0 saturated carbocycles. The molecule has 0 N–H and O–H groups in total. The molecular weight excluding hydrogens is 282 g/mol. The smallest absolute Gasteiger partial charge is 0.161 e. The van der Waals surface area contributed by atoms with E-state index in [0.717, 1.165) is 17.0 Å². The van der Waals surface area contributed by atoms with Crippen molar-refractivity contribution < 1.29 is 8.78 Å². The number of hydrogen-bond acceptors (Lipinski definition) is 2. The Morgan fingerprint density at radius 2 is 1.70 bits per heavy atom. The lowest BCUT2D eigenvalue weighted by molar-refractivity contribution is 0.584. The second-order valence-corrected chi connectivity index (χ2v) is 4.82. The maximum absolute atomic E-state index is 13.3. The summed E-state index contributed by atoms with van der Waals surface area (Å²) in [6.45, 7) is 1.90. The highest BCUT2D eigenvalue weighted by molar-refractivity contribution is 6.34. The monoisotopic (exact) mass is 290 g/mol. The van der Waals surface area contributed by atoms with Gasteiger partial charge in [-0.2, -0.15) is 0 Å². The van der Waals surface area contributed by atoms with Crippen molar-refractivity contribution >= 4 is 22.5 Å². The highest BCUT2D eigenvalue weighted by Crippen LogP contribution is 2.27. The van der Waals surface area contributed by atoms with Crippen molar-refractivity contribution in [2.75, 3.05) is 0 Å². The molecule has 0 atom stereocenters. The summed E-state index contributed by atoms with van der Waals surface area (Å²) in [5.41, 5.74) is 1.85. The van der Waals surface area contributed by atoms with Crippen molar-refractivity contribution in [2.24, 2.45) is 0 Å². The maximum atomic E-state index is 13.3. The first-order valence-electron chi connectivity index (χ1n) is 5.94. The molecule has 20 heavy (non-hydrogen) atoms. The van der Waals surface area contributed by atoms with Crippen molar-refractivity contribution in [1.82, 2.24) is 9.97 Å². The fourth-order valence-electron chi connectivity index (χ4n) is 2.11. The van der Waals surface area contributed by atoms with Crippen molar-refractivity contribution in [3.63, 3.8) is 0 Å². The molecule has 3 aromatic rings. The van der Waals surface area contributed by atoms with Crippen LogP contribution < -0.4 is 0 Å². The summed E-state index contributed by atoms with van der Waals surface area (Å²) in [6.07, 6.45) is 0. The predicted octanol–water partition coefficient (Wildman–Crippen LogP) is 4.54. The number of fused-ring (bicyclic) bond motifs is 1. The van der Waals surface area contributed by atoms with Gasteiger partial charge in [0.25, 0.3) is 0 Å². The minimum Gasteiger partial charge on any atom is -0.228 e. The Morgan fingerprint density at radius 3 is 2.40 bits per heavy atom. The molecule has 1 aromatic heterocycles. The van der Waals surface area contributed by atoms with Gasteiger partial charge >= 0.3 is 0 Å². The maximum Gasteiger partial charge on any atom is 0.161 e. The van der Waals surface area contributed by atoms with Gasteiger partial charge in [-0.15, -0.1) is 0 Å². The lowest BCUT2D eigenvalue weighted by atomic mass is 10.1. The molecule has 0 aliphatic heterocycles. The normalized spacial score (nSPS) is 11.0. The molecule has 0 amide bonds. The molecule has 100 valence electrons. The quantitative estimate of drug-likeness (QED) is 0.615. The molecule has 3 rings (SSSR count). The lowest BCUT2D eigenvalue weighted by Gasteiger charge is -2.07. The van der Waals surface area contributed by atoms with E-state index in [4.69, 9.17) is 11.6 Å². The van der Waals surface area contributed by atoms with Crippen molar-refractivity contribution in [1.29, 1.82) is 0 Å². The third-order valence-corrected chi connectivity index (χ3v) is 3.28. The van der Waals surface area contributed by atoms with Crippen LogP contribution in [0.25, 0.3) is 22.3 Å². The molecule has 2 aromatic carbocycles. The molecule has 1 heterocycles. The fourth-order valence-corrected chi connectivity index (χ4v) is 2.44. The number of aryl methyl sites for hydroxylation is 1. The van der Waals surface area contributed by atoms with Gasteiger partial charge in [0.1, 0.15) is 16.8 Å². The van der Waals surface area contributed by atoms with Gasteiger partial charge in [0.2, 0.25) is 0 Å². The fraction of sp³-hybridized carbons (Fsp3) is 0.0667. The minimum absolute atomic E-state index is 0.200. The average Bonchev–Trinajstić information content (AvgIpc) is 2.37. The van der Waals surface area contributed by atoms with Crippen LogP contribution >= 0.6 is 11.6 Å². The Bertz CT molecular complexity index is 798. The number of hydrogen-bond donors (Lipinski definition) is 0. The molecule has 0 unspecified atom stereocenters. The number of benzene rings is 2. The standard InChI is InChI=1S/C15H9ClF2N2/c1-8-3-2-4-12-13(8)14(16)20-15(19-12)9-5-10(17)7-11(18)6-9/h2-7H,1H3. The van der Waals surface area contributed by atoms with Crippen LogP contribution in [0.4, 0.5) is 8.78 Å². The van der Waals surface area contributed by atoms with Gasteiger partial charge in [-0.1, -0.05) is 23.7 Å². The molecule has 0 aliphatic rings. The second kappa shape index (κ2) is 4.80. The van der Waals surface area contributed by atoms with Gasteiger partial charge in [0.05, 0.1) is 5.52 Å². The van der Waals surface area contributed by atoms with Crippen LogP contribution in [-0.2, 0) is 0 Å². The molecule has 0 bridgehead atoms. The van der Waals surface area contributed by atoms with E-state index in [-0.39, 0.29) is 16.5 Å². The Labute approximate surface area is 119 Å². The zero-order valence-corrected chi connectivity index (χ0v) is 11.2. The largest absolute Gasteiger partial charge is 0.228 e. The first-order chi connectivity index (χ1) is 9.54. The van der Waals surface area contributed by atoms with Gasteiger partial charge in [-0.05, 0) is 30.7 Å². The minimum atomic E-state index is -0.677. The van der Waals surface area contributed by atoms with Crippen LogP contribution in [0.1, 0.15) is 5.56 Å². The molecule has 2 nitrogen and oxygen atoms in total. The molecule has 0 spiro atoms. The number of nitrogens with zero attached hydrogens (tertiary/aromatic N) is 2. The topological polar surface area (TPSA) is 25.8 Å². The summed E-state index contributed by atoms with van der Waals surface area (Å²) in [6, 6.07) is 8.69. The van der Waals surface area contributed by atoms with E-state index >= 15 is 0 Å². The van der Waals surface area contributed by atoms with E-state index in [1.165, 1.54) is 12.1 Å². The molecule has 0 saturated heterocycles. The summed E-state index contributed by atoms with van der Waals surface area (Å²) < 4.78 is 26.5. The number of aromatic nitrogens is 2. The highest BCUT2D eigenvalue weighted by Gasteiger charge is 2.11. The van der Waals surface area contributed by atoms with E-state index in [0.29, 0.717) is 5.52 Å². The molecule has 5 heteroatoms. The van der Waals surface area contributed by atoms with E-state index in [2.05, 4.69) is 9.97 Å².